The Morgan fingerprint density at radius 1 is 1.11 bits per heavy atom. The van der Waals surface area contributed by atoms with Crippen molar-refractivity contribution >= 4 is 23.3 Å². The molecule has 8 nitrogen and oxygen atoms in total. The lowest BCUT2D eigenvalue weighted by molar-refractivity contribution is 0.0533. The molecule has 3 fully saturated rings. The first-order valence-corrected chi connectivity index (χ1v) is 13.7. The fraction of sp³-hybridized carbons (Fsp3) is 0.571. The van der Waals surface area contributed by atoms with Crippen LogP contribution in [0.2, 0.25) is 5.02 Å². The Morgan fingerprint density at radius 2 is 1.89 bits per heavy atom. The van der Waals surface area contributed by atoms with E-state index in [-0.39, 0.29) is 29.6 Å². The monoisotopic (exact) mass is 523 g/mol. The SMILES string of the molecule is N#Cc1ccc(OC2CCC(NC(=O)c3ccc(N4CCCC5(CCC(O)CC5)C4)nn3)CC2)cc1Cl. The van der Waals surface area contributed by atoms with Gasteiger partial charge in [-0.25, -0.2) is 0 Å². The minimum absolute atomic E-state index is 0.0523. The summed E-state index contributed by atoms with van der Waals surface area (Å²) in [5.41, 5.74) is 1.03. The van der Waals surface area contributed by atoms with Crippen molar-refractivity contribution < 1.29 is 14.6 Å². The Labute approximate surface area is 223 Å². The van der Waals surface area contributed by atoms with E-state index in [9.17, 15) is 9.90 Å². The van der Waals surface area contributed by atoms with Gasteiger partial charge < -0.3 is 20.1 Å². The third-order valence-corrected chi connectivity index (χ3v) is 8.57. The highest BCUT2D eigenvalue weighted by atomic mass is 35.5. The van der Waals surface area contributed by atoms with E-state index < -0.39 is 0 Å². The van der Waals surface area contributed by atoms with E-state index >= 15 is 0 Å². The van der Waals surface area contributed by atoms with Crippen LogP contribution in [-0.4, -0.2) is 52.6 Å². The number of anilines is 1. The normalized spacial score (nSPS) is 27.9. The molecule has 1 aromatic heterocycles. The molecular weight excluding hydrogens is 490 g/mol. The molecule has 2 N–H and O–H groups in total. The largest absolute Gasteiger partial charge is 0.490 e. The number of piperidine rings is 1. The number of ether oxygens (including phenoxy) is 1. The Balaban J connectivity index is 1.10. The van der Waals surface area contributed by atoms with Gasteiger partial charge in [0.15, 0.2) is 11.5 Å². The molecule has 196 valence electrons. The summed E-state index contributed by atoms with van der Waals surface area (Å²) in [5.74, 6) is 1.29. The summed E-state index contributed by atoms with van der Waals surface area (Å²) in [5, 5.41) is 31.1. The van der Waals surface area contributed by atoms with Crippen LogP contribution < -0.4 is 15.0 Å². The first-order chi connectivity index (χ1) is 17.9. The molecule has 5 rings (SSSR count). The van der Waals surface area contributed by atoms with Gasteiger partial charge in [-0.3, -0.25) is 4.79 Å². The van der Waals surface area contributed by atoms with E-state index in [1.54, 1.807) is 24.3 Å². The van der Waals surface area contributed by atoms with E-state index in [0.29, 0.717) is 22.0 Å². The first-order valence-electron chi connectivity index (χ1n) is 13.4. The molecule has 2 saturated carbocycles. The number of amides is 1. The summed E-state index contributed by atoms with van der Waals surface area (Å²) in [6.45, 7) is 1.89. The van der Waals surface area contributed by atoms with E-state index in [1.165, 1.54) is 6.42 Å². The molecular formula is C28H34ClN5O3. The number of nitrogens with one attached hydrogen (secondary N) is 1. The fourth-order valence-electron chi connectivity index (χ4n) is 6.08. The summed E-state index contributed by atoms with van der Waals surface area (Å²) >= 11 is 6.11. The maximum absolute atomic E-state index is 12.8. The van der Waals surface area contributed by atoms with Crippen LogP contribution in [0.5, 0.6) is 5.75 Å². The van der Waals surface area contributed by atoms with Crippen molar-refractivity contribution in [1.29, 1.82) is 5.26 Å². The van der Waals surface area contributed by atoms with Gasteiger partial charge >= 0.3 is 0 Å². The lowest BCUT2D eigenvalue weighted by atomic mass is 9.68. The summed E-state index contributed by atoms with van der Waals surface area (Å²) in [4.78, 5) is 15.1. The van der Waals surface area contributed by atoms with E-state index in [0.717, 1.165) is 76.7 Å². The maximum Gasteiger partial charge on any atom is 0.272 e. The van der Waals surface area contributed by atoms with Gasteiger partial charge in [0.2, 0.25) is 0 Å². The highest BCUT2D eigenvalue weighted by Crippen LogP contribution is 2.44. The third-order valence-electron chi connectivity index (χ3n) is 8.26. The Hall–Kier alpha value is -2.89. The Bertz CT molecular complexity index is 1140. The molecule has 2 aromatic rings. The number of rotatable bonds is 5. The zero-order valence-corrected chi connectivity index (χ0v) is 21.8. The summed E-state index contributed by atoms with van der Waals surface area (Å²) in [6, 6.07) is 10.9. The van der Waals surface area contributed by atoms with Gasteiger partial charge in [-0.2, -0.15) is 5.26 Å². The average molecular weight is 524 g/mol. The van der Waals surface area contributed by atoms with Crippen LogP contribution in [0.3, 0.4) is 0 Å². The molecule has 1 spiro atoms. The molecule has 0 bridgehead atoms. The molecule has 9 heteroatoms. The lowest BCUT2D eigenvalue weighted by Gasteiger charge is -2.46. The quantitative estimate of drug-likeness (QED) is 0.587. The van der Waals surface area contributed by atoms with Crippen LogP contribution in [0.25, 0.3) is 0 Å². The predicted octanol–water partition coefficient (Wildman–Crippen LogP) is 4.64. The Kier molecular flexibility index (Phi) is 7.82. The van der Waals surface area contributed by atoms with Gasteiger partial charge in [-0.05, 0) is 93.9 Å². The van der Waals surface area contributed by atoms with Gasteiger partial charge in [-0.15, -0.1) is 10.2 Å². The smallest absolute Gasteiger partial charge is 0.272 e. The number of nitriles is 1. The van der Waals surface area contributed by atoms with Gasteiger partial charge in [0.05, 0.1) is 22.8 Å². The second-order valence-corrected chi connectivity index (χ2v) is 11.3. The number of aliphatic hydroxyl groups excluding tert-OH is 1. The van der Waals surface area contributed by atoms with E-state index in [4.69, 9.17) is 21.6 Å². The molecule has 1 aromatic carbocycles. The third kappa shape index (κ3) is 6.16. The lowest BCUT2D eigenvalue weighted by Crippen LogP contribution is -2.46. The van der Waals surface area contributed by atoms with Crippen LogP contribution in [-0.2, 0) is 0 Å². The van der Waals surface area contributed by atoms with Crippen LogP contribution in [0.4, 0.5) is 5.82 Å². The summed E-state index contributed by atoms with van der Waals surface area (Å²) in [7, 11) is 0. The molecule has 3 aliphatic rings. The van der Waals surface area contributed by atoms with Gasteiger partial charge in [-0.1, -0.05) is 11.6 Å². The summed E-state index contributed by atoms with van der Waals surface area (Å²) in [6.07, 6.45) is 9.39. The van der Waals surface area contributed by atoms with Crippen molar-refractivity contribution in [1.82, 2.24) is 15.5 Å². The van der Waals surface area contributed by atoms with Crippen LogP contribution in [0, 0.1) is 16.7 Å². The molecule has 37 heavy (non-hydrogen) atoms. The number of carbonyl (C=O) groups excluding carboxylic acids is 1. The number of benzene rings is 1. The van der Waals surface area contributed by atoms with Gasteiger partial charge in [0, 0.05) is 25.2 Å². The molecule has 0 radical (unpaired) electrons. The van der Waals surface area contributed by atoms with Crippen LogP contribution in [0.15, 0.2) is 30.3 Å². The maximum atomic E-state index is 12.8. The van der Waals surface area contributed by atoms with Crippen molar-refractivity contribution in [3.05, 3.63) is 46.6 Å². The number of nitrogens with zero attached hydrogens (tertiary/aromatic N) is 4. The molecule has 2 heterocycles. The molecule has 1 amide bonds. The molecule has 1 saturated heterocycles. The van der Waals surface area contributed by atoms with Crippen molar-refractivity contribution in [3.63, 3.8) is 0 Å². The molecule has 0 atom stereocenters. The fourth-order valence-corrected chi connectivity index (χ4v) is 6.29. The van der Waals surface area contributed by atoms with Crippen molar-refractivity contribution in [2.45, 2.75) is 82.5 Å². The number of aromatic nitrogens is 2. The van der Waals surface area contributed by atoms with Gasteiger partial charge in [0.25, 0.3) is 5.91 Å². The van der Waals surface area contributed by atoms with E-state index in [2.05, 4.69) is 20.4 Å². The molecule has 1 aliphatic heterocycles. The zero-order chi connectivity index (χ0) is 25.8. The highest BCUT2D eigenvalue weighted by molar-refractivity contribution is 6.31. The summed E-state index contributed by atoms with van der Waals surface area (Å²) < 4.78 is 6.05. The van der Waals surface area contributed by atoms with Crippen molar-refractivity contribution in [3.8, 4) is 11.8 Å². The minimum atomic E-state index is -0.196. The molecule has 0 unspecified atom stereocenters. The van der Waals surface area contributed by atoms with Crippen molar-refractivity contribution in [2.75, 3.05) is 18.0 Å². The van der Waals surface area contributed by atoms with E-state index in [1.807, 2.05) is 12.1 Å². The molecule has 2 aliphatic carbocycles. The Morgan fingerprint density at radius 3 is 2.57 bits per heavy atom. The first kappa shape index (κ1) is 25.7. The number of hydrogen-bond donors (Lipinski definition) is 2. The average Bonchev–Trinajstić information content (AvgIpc) is 2.92. The van der Waals surface area contributed by atoms with Crippen molar-refractivity contribution in [2.24, 2.45) is 5.41 Å². The second kappa shape index (κ2) is 11.2. The number of carbonyl (C=O) groups is 1. The predicted molar refractivity (Wildman–Crippen MR) is 141 cm³/mol. The highest BCUT2D eigenvalue weighted by Gasteiger charge is 2.39. The standard InChI is InChI=1S/C28H34ClN5O3/c29-24-16-23(5-2-19(24)17-30)37-22-6-3-20(4-7-22)31-27(36)25-8-9-26(33-32-25)34-15-1-12-28(18-34)13-10-21(35)11-14-28/h2,5,8-9,16,20-22,35H,1,3-4,6-7,10-15,18H2,(H,31,36). The zero-order valence-electron chi connectivity index (χ0n) is 21.0. The van der Waals surface area contributed by atoms with Gasteiger partial charge in [0.1, 0.15) is 11.8 Å². The number of aliphatic hydroxyl groups is 1. The number of hydrogen-bond acceptors (Lipinski definition) is 7. The number of halogens is 1. The minimum Gasteiger partial charge on any atom is -0.490 e. The second-order valence-electron chi connectivity index (χ2n) is 10.9. The topological polar surface area (TPSA) is 111 Å². The van der Waals surface area contributed by atoms with Crippen LogP contribution >= 0.6 is 11.6 Å². The van der Waals surface area contributed by atoms with Crippen LogP contribution in [0.1, 0.15) is 80.3 Å².